The van der Waals surface area contributed by atoms with Gasteiger partial charge in [0, 0.05) is 44.0 Å². The molecule has 1 spiro atoms. The second-order valence-corrected chi connectivity index (χ2v) is 8.52. The van der Waals surface area contributed by atoms with Gasteiger partial charge in [0.1, 0.15) is 5.76 Å². The number of carboxylic acid groups (broad SMARTS) is 2. The van der Waals surface area contributed by atoms with E-state index in [9.17, 15) is 31.1 Å². The molecule has 1 amide bonds. The van der Waals surface area contributed by atoms with Gasteiger partial charge in [-0.05, 0) is 49.1 Å². The van der Waals surface area contributed by atoms with Crippen LogP contribution in [0, 0.1) is 0 Å². The number of aromatic nitrogens is 1. The van der Waals surface area contributed by atoms with E-state index in [4.69, 9.17) is 24.2 Å². The predicted octanol–water partition coefficient (Wildman–Crippen LogP) is 4.10. The average molecular weight is 553 g/mol. The summed E-state index contributed by atoms with van der Waals surface area (Å²) in [6.07, 6.45) is -1.07. The van der Waals surface area contributed by atoms with Crippen molar-refractivity contribution in [2.45, 2.75) is 56.7 Å². The topological polar surface area (TPSA) is 124 Å². The molecule has 0 bridgehead atoms. The van der Waals surface area contributed by atoms with Crippen LogP contribution in [-0.4, -0.2) is 73.8 Å². The summed E-state index contributed by atoms with van der Waals surface area (Å²) in [5.74, 6) is -4.20. The number of alkyl halides is 6. The minimum Gasteiger partial charge on any atom is -0.475 e. The van der Waals surface area contributed by atoms with Crippen molar-refractivity contribution in [3.63, 3.8) is 0 Å². The molecule has 2 aromatic heterocycles. The van der Waals surface area contributed by atoms with Gasteiger partial charge in [0.25, 0.3) is 0 Å². The molecule has 4 heterocycles. The number of furan rings is 1. The van der Waals surface area contributed by atoms with E-state index in [2.05, 4.69) is 14.8 Å². The molecule has 0 radical (unpaired) electrons. The number of aliphatic carboxylic acids is 2. The molecule has 2 aromatic rings. The van der Waals surface area contributed by atoms with Crippen LogP contribution in [0.4, 0.5) is 26.3 Å². The van der Waals surface area contributed by atoms with Crippen molar-refractivity contribution in [3.05, 3.63) is 54.2 Å². The molecule has 2 aliphatic rings. The lowest BCUT2D eigenvalue weighted by molar-refractivity contribution is -0.193. The molecular weight excluding hydrogens is 528 g/mol. The zero-order chi connectivity index (χ0) is 28.6. The number of carbonyl (C=O) groups excluding carboxylic acids is 1. The van der Waals surface area contributed by atoms with E-state index in [0.29, 0.717) is 18.9 Å². The lowest BCUT2D eigenvalue weighted by Gasteiger charge is -2.45. The van der Waals surface area contributed by atoms with Gasteiger partial charge in [-0.2, -0.15) is 26.3 Å². The minimum atomic E-state index is -5.08. The maximum Gasteiger partial charge on any atom is 0.490 e. The lowest BCUT2D eigenvalue weighted by Crippen LogP contribution is -2.52. The molecule has 2 N–H and O–H groups in total. The third kappa shape index (κ3) is 9.04. The molecule has 2 fully saturated rings. The van der Waals surface area contributed by atoms with E-state index < -0.39 is 24.3 Å². The maximum atomic E-state index is 12.5. The number of hydrogen-bond acceptors (Lipinski definition) is 6. The Labute approximate surface area is 212 Å². The Bertz CT molecular complexity index is 1030. The number of rotatable bonds is 4. The number of hydrogen-bond donors (Lipinski definition) is 2. The van der Waals surface area contributed by atoms with Crippen LogP contribution >= 0.6 is 0 Å². The summed E-state index contributed by atoms with van der Waals surface area (Å²) in [5.41, 5.74) is 1.21. The van der Waals surface area contributed by atoms with Gasteiger partial charge in [0.2, 0.25) is 5.91 Å². The largest absolute Gasteiger partial charge is 0.490 e. The Morgan fingerprint density at radius 1 is 0.921 bits per heavy atom. The Hall–Kier alpha value is -3.62. The van der Waals surface area contributed by atoms with Gasteiger partial charge in [-0.15, -0.1) is 0 Å². The number of pyridine rings is 1. The maximum absolute atomic E-state index is 12.5. The molecule has 0 saturated carbocycles. The van der Waals surface area contributed by atoms with Gasteiger partial charge in [-0.1, -0.05) is 0 Å². The monoisotopic (exact) mass is 553 g/mol. The van der Waals surface area contributed by atoms with Gasteiger partial charge in [-0.25, -0.2) is 9.59 Å². The minimum absolute atomic E-state index is 0.0417. The number of carbonyl (C=O) groups is 3. The Balaban J connectivity index is 0.000000301. The zero-order valence-electron chi connectivity index (χ0n) is 19.8. The smallest absolute Gasteiger partial charge is 0.475 e. The van der Waals surface area contributed by atoms with Crippen molar-refractivity contribution in [2.24, 2.45) is 0 Å². The summed E-state index contributed by atoms with van der Waals surface area (Å²) in [7, 11) is 0. The molecule has 2 saturated heterocycles. The molecular formula is C23H25F6N3O6. The van der Waals surface area contributed by atoms with E-state index in [1.165, 1.54) is 0 Å². The van der Waals surface area contributed by atoms with Gasteiger partial charge < -0.3 is 19.5 Å². The average Bonchev–Trinajstić information content (AvgIpc) is 3.45. The highest BCUT2D eigenvalue weighted by Crippen LogP contribution is 2.40. The number of likely N-dealkylation sites (tertiary alicyclic amines) is 2. The standard InChI is InChI=1S/C19H23N3O2.2C2HF3O2/c23-18-3-6-19(22(18)14-16-4-9-20-10-5-16)7-11-21(12-8-19)15-17-2-1-13-24-17;2*3-2(4,5)1(6)7/h1-2,4-5,9-10,13H,3,6-8,11-12,14-15H2;2*(H,6,7). The number of nitrogens with zero attached hydrogens (tertiary/aromatic N) is 3. The summed E-state index contributed by atoms with van der Waals surface area (Å²) in [6, 6.07) is 7.97. The molecule has 0 atom stereocenters. The second kappa shape index (κ2) is 12.8. The van der Waals surface area contributed by atoms with Crippen molar-refractivity contribution in [3.8, 4) is 0 Å². The van der Waals surface area contributed by atoms with Gasteiger partial charge >= 0.3 is 24.3 Å². The van der Waals surface area contributed by atoms with Gasteiger partial charge in [0.05, 0.1) is 12.8 Å². The van der Waals surface area contributed by atoms with Crippen LogP contribution in [0.3, 0.4) is 0 Å². The van der Waals surface area contributed by atoms with E-state index in [-0.39, 0.29) is 5.54 Å². The normalized spacial score (nSPS) is 17.3. The highest BCUT2D eigenvalue weighted by atomic mass is 19.4. The van der Waals surface area contributed by atoms with Crippen LogP contribution in [0.5, 0.6) is 0 Å². The van der Waals surface area contributed by atoms with Crippen molar-refractivity contribution >= 4 is 17.8 Å². The second-order valence-electron chi connectivity index (χ2n) is 8.52. The van der Waals surface area contributed by atoms with Crippen molar-refractivity contribution in [2.75, 3.05) is 13.1 Å². The summed E-state index contributed by atoms with van der Waals surface area (Å²) in [5, 5.41) is 14.2. The highest BCUT2D eigenvalue weighted by molar-refractivity contribution is 5.79. The fourth-order valence-corrected chi connectivity index (χ4v) is 4.07. The molecule has 0 aromatic carbocycles. The molecule has 15 heteroatoms. The number of carboxylic acids is 2. The molecule has 4 rings (SSSR count). The lowest BCUT2D eigenvalue weighted by atomic mass is 9.84. The summed E-state index contributed by atoms with van der Waals surface area (Å²) in [4.78, 5) is 38.9. The summed E-state index contributed by atoms with van der Waals surface area (Å²) >= 11 is 0. The van der Waals surface area contributed by atoms with E-state index >= 15 is 0 Å². The van der Waals surface area contributed by atoms with Crippen LogP contribution in [0.15, 0.2) is 47.3 Å². The third-order valence-electron chi connectivity index (χ3n) is 6.00. The Morgan fingerprint density at radius 3 is 1.89 bits per heavy atom. The Kier molecular flexibility index (Phi) is 10.3. The third-order valence-corrected chi connectivity index (χ3v) is 6.00. The SMILES string of the molecule is O=C(O)C(F)(F)F.O=C(O)C(F)(F)F.O=C1CCC2(CCN(Cc3ccco3)CC2)N1Cc1ccncc1. The van der Waals surface area contributed by atoms with Crippen LogP contribution in [0.1, 0.15) is 37.0 Å². The van der Waals surface area contributed by atoms with Gasteiger partial charge in [-0.3, -0.25) is 14.7 Å². The first kappa shape index (κ1) is 30.6. The molecule has 0 unspecified atom stereocenters. The molecule has 38 heavy (non-hydrogen) atoms. The fraction of sp³-hybridized carbons (Fsp3) is 0.478. The van der Waals surface area contributed by atoms with Crippen molar-refractivity contribution < 1.29 is 55.4 Å². The number of piperidine rings is 1. The fourth-order valence-electron chi connectivity index (χ4n) is 4.07. The first-order chi connectivity index (χ1) is 17.6. The van der Waals surface area contributed by atoms with E-state index in [1.807, 2.05) is 24.3 Å². The number of halogens is 6. The van der Waals surface area contributed by atoms with Gasteiger partial charge in [0.15, 0.2) is 0 Å². The van der Waals surface area contributed by atoms with Crippen molar-refractivity contribution in [1.82, 2.24) is 14.8 Å². The van der Waals surface area contributed by atoms with Crippen LogP contribution in [0.2, 0.25) is 0 Å². The highest BCUT2D eigenvalue weighted by Gasteiger charge is 2.46. The zero-order valence-corrected chi connectivity index (χ0v) is 19.8. The Morgan fingerprint density at radius 2 is 1.45 bits per heavy atom. The van der Waals surface area contributed by atoms with E-state index in [0.717, 1.165) is 50.2 Å². The first-order valence-corrected chi connectivity index (χ1v) is 11.2. The summed E-state index contributed by atoms with van der Waals surface area (Å²) < 4.78 is 68.9. The molecule has 2 aliphatic heterocycles. The first-order valence-electron chi connectivity index (χ1n) is 11.2. The van der Waals surface area contributed by atoms with Crippen molar-refractivity contribution in [1.29, 1.82) is 0 Å². The van der Waals surface area contributed by atoms with Crippen LogP contribution in [0.25, 0.3) is 0 Å². The quantitative estimate of drug-likeness (QED) is 0.543. The van der Waals surface area contributed by atoms with Crippen LogP contribution in [-0.2, 0) is 27.5 Å². The molecule has 0 aliphatic carbocycles. The number of amides is 1. The molecule has 210 valence electrons. The molecule has 9 nitrogen and oxygen atoms in total. The van der Waals surface area contributed by atoms with Crippen LogP contribution < -0.4 is 0 Å². The van der Waals surface area contributed by atoms with E-state index in [1.54, 1.807) is 18.7 Å². The summed E-state index contributed by atoms with van der Waals surface area (Å²) in [6.45, 7) is 3.60. The predicted molar refractivity (Wildman–Crippen MR) is 117 cm³/mol.